The van der Waals surface area contributed by atoms with E-state index in [2.05, 4.69) is 20.9 Å². The molecule has 0 spiro atoms. The number of aromatic amines is 1. The molecule has 1 aliphatic rings. The van der Waals surface area contributed by atoms with Gasteiger partial charge in [-0.3, -0.25) is 4.90 Å². The van der Waals surface area contributed by atoms with E-state index in [0.29, 0.717) is 26.2 Å². The van der Waals surface area contributed by atoms with E-state index in [0.717, 1.165) is 29.8 Å². The van der Waals surface area contributed by atoms with Gasteiger partial charge < -0.3 is 9.88 Å². The van der Waals surface area contributed by atoms with Crippen molar-refractivity contribution in [2.45, 2.75) is 19.5 Å². The van der Waals surface area contributed by atoms with Gasteiger partial charge in [0.1, 0.15) is 5.82 Å². The lowest BCUT2D eigenvalue weighted by atomic mass is 10.2. The molecule has 0 aliphatic carbocycles. The van der Waals surface area contributed by atoms with Crippen molar-refractivity contribution in [2.75, 3.05) is 39.3 Å². The minimum Gasteiger partial charge on any atom is -0.342 e. The van der Waals surface area contributed by atoms with Crippen LogP contribution in [-0.2, 0) is 6.42 Å². The number of aryl methyl sites for hydroxylation is 1. The summed E-state index contributed by atoms with van der Waals surface area (Å²) in [6.45, 7) is 4.35. The molecule has 126 valence electrons. The summed E-state index contributed by atoms with van der Waals surface area (Å²) in [4.78, 5) is 11.6. The van der Waals surface area contributed by atoms with Crippen LogP contribution in [0.15, 0.2) is 18.2 Å². The second-order valence-corrected chi connectivity index (χ2v) is 6.19. The fraction of sp³-hybridized carbons (Fsp3) is 0.562. The smallest absolute Gasteiger partial charge is 0.342 e. The third-order valence-electron chi connectivity index (χ3n) is 4.22. The van der Waals surface area contributed by atoms with E-state index in [1.807, 2.05) is 19.1 Å². The monoisotopic (exact) mass is 326 g/mol. The molecule has 1 N–H and O–H groups in total. The van der Waals surface area contributed by atoms with Crippen LogP contribution in [0.3, 0.4) is 0 Å². The SMILES string of the molecule is Cc1ccc2nc(CCN3CCN(CC(F)(F)F)CC3)[nH]c2c1. The quantitative estimate of drug-likeness (QED) is 0.938. The summed E-state index contributed by atoms with van der Waals surface area (Å²) in [6.07, 6.45) is -3.32. The molecule has 3 rings (SSSR count). The van der Waals surface area contributed by atoms with Crippen LogP contribution in [0.4, 0.5) is 13.2 Å². The van der Waals surface area contributed by atoms with E-state index in [9.17, 15) is 13.2 Å². The molecular formula is C16H21F3N4. The second-order valence-electron chi connectivity index (χ2n) is 6.19. The van der Waals surface area contributed by atoms with Crippen molar-refractivity contribution in [3.05, 3.63) is 29.6 Å². The molecule has 23 heavy (non-hydrogen) atoms. The van der Waals surface area contributed by atoms with Crippen LogP contribution in [0, 0.1) is 6.92 Å². The summed E-state index contributed by atoms with van der Waals surface area (Å²) in [7, 11) is 0. The van der Waals surface area contributed by atoms with Gasteiger partial charge in [-0.1, -0.05) is 6.07 Å². The summed E-state index contributed by atoms with van der Waals surface area (Å²) in [6, 6.07) is 6.11. The van der Waals surface area contributed by atoms with E-state index < -0.39 is 12.7 Å². The fourth-order valence-electron chi connectivity index (χ4n) is 2.98. The average Bonchev–Trinajstić information content (AvgIpc) is 2.87. The zero-order chi connectivity index (χ0) is 16.4. The Morgan fingerprint density at radius 1 is 1.13 bits per heavy atom. The van der Waals surface area contributed by atoms with Gasteiger partial charge in [-0.2, -0.15) is 13.2 Å². The minimum atomic E-state index is -4.10. The number of nitrogens with zero attached hydrogens (tertiary/aromatic N) is 3. The topological polar surface area (TPSA) is 35.2 Å². The number of aromatic nitrogens is 2. The standard InChI is InChI=1S/C16H21F3N4/c1-12-2-3-13-14(10-12)21-15(20-13)4-5-22-6-8-23(9-7-22)11-16(17,18)19/h2-3,10H,4-9,11H2,1H3,(H,20,21). The average molecular weight is 326 g/mol. The molecule has 0 radical (unpaired) electrons. The third-order valence-corrected chi connectivity index (χ3v) is 4.22. The number of hydrogen-bond acceptors (Lipinski definition) is 3. The van der Waals surface area contributed by atoms with Crippen LogP contribution in [0.5, 0.6) is 0 Å². The van der Waals surface area contributed by atoms with Crippen molar-refractivity contribution in [2.24, 2.45) is 0 Å². The van der Waals surface area contributed by atoms with Crippen LogP contribution in [0.1, 0.15) is 11.4 Å². The number of nitrogens with one attached hydrogen (secondary N) is 1. The van der Waals surface area contributed by atoms with Crippen molar-refractivity contribution < 1.29 is 13.2 Å². The van der Waals surface area contributed by atoms with Gasteiger partial charge in [-0.05, 0) is 24.6 Å². The van der Waals surface area contributed by atoms with Crippen LogP contribution >= 0.6 is 0 Å². The first-order valence-electron chi connectivity index (χ1n) is 7.86. The Kier molecular flexibility index (Phi) is 4.59. The number of piperazine rings is 1. The molecule has 4 nitrogen and oxygen atoms in total. The maximum atomic E-state index is 12.4. The Bertz CT molecular complexity index is 657. The maximum absolute atomic E-state index is 12.4. The van der Waals surface area contributed by atoms with Crippen molar-refractivity contribution in [1.82, 2.24) is 19.8 Å². The van der Waals surface area contributed by atoms with Gasteiger partial charge in [0.2, 0.25) is 0 Å². The Morgan fingerprint density at radius 3 is 2.52 bits per heavy atom. The van der Waals surface area contributed by atoms with Crippen molar-refractivity contribution in [1.29, 1.82) is 0 Å². The highest BCUT2D eigenvalue weighted by atomic mass is 19.4. The van der Waals surface area contributed by atoms with E-state index in [1.165, 1.54) is 10.5 Å². The van der Waals surface area contributed by atoms with Crippen molar-refractivity contribution in [3.8, 4) is 0 Å². The molecule has 0 amide bonds. The normalized spacial score (nSPS) is 17.9. The van der Waals surface area contributed by atoms with Crippen molar-refractivity contribution in [3.63, 3.8) is 0 Å². The lowest BCUT2D eigenvalue weighted by Gasteiger charge is -2.34. The van der Waals surface area contributed by atoms with Crippen molar-refractivity contribution >= 4 is 11.0 Å². The number of alkyl halides is 3. The molecule has 1 aliphatic heterocycles. The molecule has 1 aromatic carbocycles. The van der Waals surface area contributed by atoms with Gasteiger partial charge in [0, 0.05) is 39.1 Å². The summed E-state index contributed by atoms with van der Waals surface area (Å²) >= 11 is 0. The lowest BCUT2D eigenvalue weighted by Crippen LogP contribution is -2.49. The molecule has 1 aromatic heterocycles. The molecule has 0 atom stereocenters. The van der Waals surface area contributed by atoms with Crippen LogP contribution in [0.25, 0.3) is 11.0 Å². The van der Waals surface area contributed by atoms with Crippen LogP contribution < -0.4 is 0 Å². The number of rotatable bonds is 4. The molecule has 2 aromatic rings. The molecular weight excluding hydrogens is 305 g/mol. The fourth-order valence-corrected chi connectivity index (χ4v) is 2.98. The Labute approximate surface area is 133 Å². The molecule has 0 saturated carbocycles. The van der Waals surface area contributed by atoms with E-state index >= 15 is 0 Å². The number of fused-ring (bicyclic) bond motifs is 1. The Morgan fingerprint density at radius 2 is 1.83 bits per heavy atom. The zero-order valence-electron chi connectivity index (χ0n) is 13.2. The Balaban J connectivity index is 1.49. The largest absolute Gasteiger partial charge is 0.401 e. The van der Waals surface area contributed by atoms with Crippen LogP contribution in [-0.4, -0.2) is 65.2 Å². The zero-order valence-corrected chi connectivity index (χ0v) is 13.2. The van der Waals surface area contributed by atoms with E-state index in [4.69, 9.17) is 0 Å². The van der Waals surface area contributed by atoms with Crippen LogP contribution in [0.2, 0.25) is 0 Å². The highest BCUT2D eigenvalue weighted by Gasteiger charge is 2.32. The summed E-state index contributed by atoms with van der Waals surface area (Å²) < 4.78 is 37.1. The Hall–Kier alpha value is -1.60. The molecule has 7 heteroatoms. The first-order valence-corrected chi connectivity index (χ1v) is 7.86. The molecule has 0 unspecified atom stereocenters. The number of hydrogen-bond donors (Lipinski definition) is 1. The molecule has 2 heterocycles. The lowest BCUT2D eigenvalue weighted by molar-refractivity contribution is -0.149. The van der Waals surface area contributed by atoms with Gasteiger partial charge in [-0.25, -0.2) is 4.98 Å². The van der Waals surface area contributed by atoms with Gasteiger partial charge >= 0.3 is 6.18 Å². The number of halogens is 3. The first kappa shape index (κ1) is 16.3. The maximum Gasteiger partial charge on any atom is 0.401 e. The molecule has 1 saturated heterocycles. The summed E-state index contributed by atoms with van der Waals surface area (Å²) in [5.74, 6) is 0.934. The predicted molar refractivity (Wildman–Crippen MR) is 83.5 cm³/mol. The number of imidazole rings is 1. The summed E-state index contributed by atoms with van der Waals surface area (Å²) in [5, 5.41) is 0. The third kappa shape index (κ3) is 4.45. The predicted octanol–water partition coefficient (Wildman–Crippen LogP) is 2.59. The van der Waals surface area contributed by atoms with Gasteiger partial charge in [-0.15, -0.1) is 0 Å². The highest BCUT2D eigenvalue weighted by Crippen LogP contribution is 2.18. The second kappa shape index (κ2) is 6.49. The van der Waals surface area contributed by atoms with Gasteiger partial charge in [0.15, 0.2) is 0 Å². The minimum absolute atomic E-state index is 0.471. The first-order chi connectivity index (χ1) is 10.9. The van der Waals surface area contributed by atoms with E-state index in [1.54, 1.807) is 0 Å². The van der Waals surface area contributed by atoms with Gasteiger partial charge in [0.25, 0.3) is 0 Å². The van der Waals surface area contributed by atoms with Gasteiger partial charge in [0.05, 0.1) is 17.6 Å². The molecule has 0 bridgehead atoms. The number of benzene rings is 1. The summed E-state index contributed by atoms with van der Waals surface area (Å²) in [5.41, 5.74) is 3.18. The highest BCUT2D eigenvalue weighted by molar-refractivity contribution is 5.75. The molecule has 1 fully saturated rings. The van der Waals surface area contributed by atoms with E-state index in [-0.39, 0.29) is 0 Å². The number of H-pyrrole nitrogens is 1.